The largest absolute Gasteiger partial charge is 0.456 e. The van der Waals surface area contributed by atoms with Gasteiger partial charge in [-0.1, -0.05) is 24.3 Å². The molecule has 0 atom stereocenters. The molecule has 150 valence electrons. The molecule has 4 rings (SSSR count). The third-order valence-electron chi connectivity index (χ3n) is 4.39. The smallest absolute Gasteiger partial charge is 0.293 e. The van der Waals surface area contributed by atoms with Crippen molar-refractivity contribution < 1.29 is 23.3 Å². The number of nitro groups is 1. The molecule has 2 amide bonds. The van der Waals surface area contributed by atoms with Crippen LogP contribution in [0.4, 0.5) is 14.9 Å². The first-order chi connectivity index (χ1) is 14.4. The summed E-state index contributed by atoms with van der Waals surface area (Å²) in [5.41, 5.74) is 0.834. The van der Waals surface area contributed by atoms with Crippen molar-refractivity contribution in [2.24, 2.45) is 0 Å². The maximum atomic E-state index is 13.0. The topological polar surface area (TPSA) is 93.7 Å². The molecule has 9 heteroatoms. The van der Waals surface area contributed by atoms with Gasteiger partial charge in [-0.05, 0) is 47.7 Å². The zero-order chi connectivity index (χ0) is 21.3. The molecule has 7 nitrogen and oxygen atoms in total. The van der Waals surface area contributed by atoms with Crippen LogP contribution in [0.15, 0.2) is 70.0 Å². The predicted molar refractivity (Wildman–Crippen MR) is 109 cm³/mol. The second kappa shape index (κ2) is 7.96. The van der Waals surface area contributed by atoms with E-state index >= 15 is 0 Å². The highest BCUT2D eigenvalue weighted by Gasteiger charge is 2.35. The van der Waals surface area contributed by atoms with Crippen molar-refractivity contribution >= 4 is 34.7 Å². The van der Waals surface area contributed by atoms with E-state index < -0.39 is 21.9 Å². The summed E-state index contributed by atoms with van der Waals surface area (Å²) in [5, 5.41) is 10.8. The van der Waals surface area contributed by atoms with Gasteiger partial charge in [-0.2, -0.15) is 0 Å². The van der Waals surface area contributed by atoms with E-state index in [-0.39, 0.29) is 28.7 Å². The quantitative estimate of drug-likeness (QED) is 0.316. The molecular formula is C21H13FN2O5S. The van der Waals surface area contributed by atoms with Crippen molar-refractivity contribution in [3.8, 4) is 11.3 Å². The number of carbonyl (C=O) groups excluding carboxylic acids is 2. The molecule has 1 saturated heterocycles. The number of carbonyl (C=O) groups is 2. The second-order valence-electron chi connectivity index (χ2n) is 6.37. The van der Waals surface area contributed by atoms with Crippen LogP contribution in [-0.2, 0) is 11.3 Å². The van der Waals surface area contributed by atoms with Gasteiger partial charge in [0.25, 0.3) is 16.8 Å². The molecule has 0 radical (unpaired) electrons. The number of nitrogens with zero attached hydrogens (tertiary/aromatic N) is 2. The Morgan fingerprint density at radius 1 is 1.07 bits per heavy atom. The number of amides is 2. The molecule has 1 aromatic heterocycles. The van der Waals surface area contributed by atoms with Gasteiger partial charge >= 0.3 is 0 Å². The van der Waals surface area contributed by atoms with Crippen molar-refractivity contribution in [1.29, 1.82) is 0 Å². The Morgan fingerprint density at radius 2 is 1.80 bits per heavy atom. The van der Waals surface area contributed by atoms with Crippen LogP contribution in [0.1, 0.15) is 11.3 Å². The Morgan fingerprint density at radius 3 is 2.53 bits per heavy atom. The molecule has 1 aliphatic rings. The van der Waals surface area contributed by atoms with Gasteiger partial charge in [0.2, 0.25) is 0 Å². The fourth-order valence-electron chi connectivity index (χ4n) is 2.95. The van der Waals surface area contributed by atoms with Crippen molar-refractivity contribution in [1.82, 2.24) is 4.90 Å². The molecular weight excluding hydrogens is 411 g/mol. The van der Waals surface area contributed by atoms with Crippen LogP contribution in [0.2, 0.25) is 0 Å². The van der Waals surface area contributed by atoms with Crippen LogP contribution in [0.5, 0.6) is 0 Å². The van der Waals surface area contributed by atoms with Crippen LogP contribution < -0.4 is 0 Å². The predicted octanol–water partition coefficient (Wildman–Crippen LogP) is 5.23. The van der Waals surface area contributed by atoms with E-state index in [1.54, 1.807) is 30.3 Å². The lowest BCUT2D eigenvalue weighted by Gasteiger charge is -2.12. The van der Waals surface area contributed by atoms with Crippen molar-refractivity contribution in [3.63, 3.8) is 0 Å². The Kier molecular flexibility index (Phi) is 5.20. The standard InChI is InChI=1S/C21H13FN2O5S/c22-14-7-5-13(6-8-14)12-23-20(25)19(30-21(23)26)11-15-9-10-18(29-15)16-3-1-2-4-17(16)24(27)28/h1-11H,12H2. The van der Waals surface area contributed by atoms with E-state index in [2.05, 4.69) is 0 Å². The molecule has 0 aliphatic carbocycles. The summed E-state index contributed by atoms with van der Waals surface area (Å²) in [7, 11) is 0. The SMILES string of the molecule is O=C1SC(=Cc2ccc(-c3ccccc3[N+](=O)[O-])o2)C(=O)N1Cc1ccc(F)cc1. The van der Waals surface area contributed by atoms with Gasteiger partial charge < -0.3 is 4.42 Å². The number of imide groups is 1. The highest BCUT2D eigenvalue weighted by molar-refractivity contribution is 8.18. The third-order valence-corrected chi connectivity index (χ3v) is 5.30. The molecule has 0 unspecified atom stereocenters. The van der Waals surface area contributed by atoms with E-state index in [4.69, 9.17) is 4.42 Å². The number of benzene rings is 2. The first kappa shape index (κ1) is 19.6. The monoisotopic (exact) mass is 424 g/mol. The van der Waals surface area contributed by atoms with E-state index in [1.807, 2.05) is 0 Å². The molecule has 0 N–H and O–H groups in total. The van der Waals surface area contributed by atoms with Crippen molar-refractivity contribution in [2.75, 3.05) is 0 Å². The third kappa shape index (κ3) is 3.87. The lowest BCUT2D eigenvalue weighted by Crippen LogP contribution is -2.27. The normalized spacial score (nSPS) is 15.2. The number of halogens is 1. The molecule has 2 aromatic carbocycles. The number of para-hydroxylation sites is 1. The average Bonchev–Trinajstić information content (AvgIpc) is 3.30. The van der Waals surface area contributed by atoms with E-state index in [0.29, 0.717) is 11.1 Å². The molecule has 0 bridgehead atoms. The first-order valence-corrected chi connectivity index (χ1v) is 9.57. The van der Waals surface area contributed by atoms with Gasteiger partial charge in [-0.3, -0.25) is 24.6 Å². The molecule has 3 aromatic rings. The summed E-state index contributed by atoms with van der Waals surface area (Å²) in [6.07, 6.45) is 1.42. The summed E-state index contributed by atoms with van der Waals surface area (Å²) >= 11 is 0.768. The Hall–Kier alpha value is -3.72. The fourth-order valence-corrected chi connectivity index (χ4v) is 3.77. The maximum absolute atomic E-state index is 13.0. The Bertz CT molecular complexity index is 1190. The number of thioether (sulfide) groups is 1. The van der Waals surface area contributed by atoms with Gasteiger partial charge in [-0.15, -0.1) is 0 Å². The lowest BCUT2D eigenvalue weighted by atomic mass is 10.1. The van der Waals surface area contributed by atoms with Crippen molar-refractivity contribution in [2.45, 2.75) is 6.54 Å². The van der Waals surface area contributed by atoms with Crippen LogP contribution in [-0.4, -0.2) is 21.0 Å². The van der Waals surface area contributed by atoms with Gasteiger partial charge in [-0.25, -0.2) is 4.39 Å². The highest BCUT2D eigenvalue weighted by Crippen LogP contribution is 2.35. The Balaban J connectivity index is 1.56. The maximum Gasteiger partial charge on any atom is 0.293 e. The lowest BCUT2D eigenvalue weighted by molar-refractivity contribution is -0.384. The summed E-state index contributed by atoms with van der Waals surface area (Å²) in [6.45, 7) is 0.0297. The molecule has 1 fully saturated rings. The number of rotatable bonds is 5. The molecule has 1 aliphatic heterocycles. The fraction of sp³-hybridized carbons (Fsp3) is 0.0476. The number of nitro benzene ring substituents is 1. The van der Waals surface area contributed by atoms with Crippen molar-refractivity contribution in [3.05, 3.63) is 92.8 Å². The van der Waals surface area contributed by atoms with Gasteiger partial charge in [0, 0.05) is 12.1 Å². The highest BCUT2D eigenvalue weighted by atomic mass is 32.2. The Labute approximate surface area is 173 Å². The summed E-state index contributed by atoms with van der Waals surface area (Å²) < 4.78 is 18.7. The summed E-state index contributed by atoms with van der Waals surface area (Å²) in [4.78, 5) is 36.8. The summed E-state index contributed by atoms with van der Waals surface area (Å²) in [6, 6.07) is 14.8. The minimum atomic E-state index is -0.502. The average molecular weight is 424 g/mol. The van der Waals surface area contributed by atoms with E-state index in [0.717, 1.165) is 16.7 Å². The van der Waals surface area contributed by atoms with Gasteiger partial charge in [0.05, 0.1) is 21.9 Å². The first-order valence-electron chi connectivity index (χ1n) is 8.76. The minimum absolute atomic E-state index is 0.0297. The molecule has 30 heavy (non-hydrogen) atoms. The molecule has 2 heterocycles. The van der Waals surface area contributed by atoms with Crippen LogP contribution in [0.3, 0.4) is 0 Å². The van der Waals surface area contributed by atoms with E-state index in [1.165, 1.54) is 36.4 Å². The molecule has 0 saturated carbocycles. The molecule has 0 spiro atoms. The number of furan rings is 1. The van der Waals surface area contributed by atoms with Gasteiger partial charge in [0.15, 0.2) is 0 Å². The number of hydrogen-bond acceptors (Lipinski definition) is 6. The van der Waals surface area contributed by atoms with Crippen LogP contribution in [0.25, 0.3) is 17.4 Å². The zero-order valence-electron chi connectivity index (χ0n) is 15.3. The minimum Gasteiger partial charge on any atom is -0.456 e. The zero-order valence-corrected chi connectivity index (χ0v) is 16.1. The van der Waals surface area contributed by atoms with E-state index in [9.17, 15) is 24.1 Å². The van der Waals surface area contributed by atoms with Crippen LogP contribution >= 0.6 is 11.8 Å². The van der Waals surface area contributed by atoms with Crippen LogP contribution in [0, 0.1) is 15.9 Å². The van der Waals surface area contributed by atoms with Gasteiger partial charge in [0.1, 0.15) is 17.3 Å². The second-order valence-corrected chi connectivity index (χ2v) is 7.36. The summed E-state index contributed by atoms with van der Waals surface area (Å²) in [5.74, 6) is -0.326. The number of hydrogen-bond donors (Lipinski definition) is 0.